The summed E-state index contributed by atoms with van der Waals surface area (Å²) in [6.45, 7) is 0. The second kappa shape index (κ2) is 6.82. The van der Waals surface area contributed by atoms with Gasteiger partial charge in [0.15, 0.2) is 0 Å². The zero-order chi connectivity index (χ0) is 13.8. The maximum Gasteiger partial charge on any atom is 0.318 e. The normalized spacial score (nSPS) is 26.0. The fraction of sp³-hybridized carbons (Fsp3) is 0.941. The Morgan fingerprint density at radius 3 is 1.60 bits per heavy atom. The fourth-order valence-corrected chi connectivity index (χ4v) is 4.15. The number of hydrogen-bond acceptors (Lipinski definition) is 1. The molecule has 0 aromatic heterocycles. The number of carbonyl (C=O) groups excluding carboxylic acids is 1. The molecule has 3 saturated carbocycles. The van der Waals surface area contributed by atoms with Crippen molar-refractivity contribution < 1.29 is 4.79 Å². The summed E-state index contributed by atoms with van der Waals surface area (Å²) in [4.78, 5) is 15.0. The Kier molecular flexibility index (Phi) is 4.85. The summed E-state index contributed by atoms with van der Waals surface area (Å²) in [5, 5.41) is 3.30. The molecule has 3 rings (SSSR count). The van der Waals surface area contributed by atoms with Crippen LogP contribution in [-0.4, -0.2) is 29.1 Å². The lowest BCUT2D eigenvalue weighted by atomic mass is 9.88. The predicted octanol–water partition coefficient (Wildman–Crippen LogP) is 4.22. The maximum atomic E-state index is 12.8. The van der Waals surface area contributed by atoms with Gasteiger partial charge < -0.3 is 10.2 Å². The average molecular weight is 278 g/mol. The number of nitrogens with zero attached hydrogens (tertiary/aromatic N) is 1. The monoisotopic (exact) mass is 278 g/mol. The zero-order valence-corrected chi connectivity index (χ0v) is 12.8. The van der Waals surface area contributed by atoms with Crippen molar-refractivity contribution in [2.75, 3.05) is 0 Å². The van der Waals surface area contributed by atoms with Gasteiger partial charge in [-0.1, -0.05) is 38.5 Å². The Labute approximate surface area is 123 Å². The van der Waals surface area contributed by atoms with Crippen LogP contribution in [0.1, 0.15) is 83.5 Å². The summed E-state index contributed by atoms with van der Waals surface area (Å²) in [5.74, 6) is 0. The Morgan fingerprint density at radius 2 is 1.20 bits per heavy atom. The molecule has 3 heteroatoms. The van der Waals surface area contributed by atoms with Crippen molar-refractivity contribution in [1.29, 1.82) is 0 Å². The molecular formula is C17H30N2O. The third-order valence-electron chi connectivity index (χ3n) is 5.60. The Hall–Kier alpha value is -0.730. The van der Waals surface area contributed by atoms with Crippen molar-refractivity contribution in [1.82, 2.24) is 10.2 Å². The molecule has 3 aliphatic carbocycles. The molecule has 0 bridgehead atoms. The standard InChI is InChI=1S/C17H30N2O/c20-17(18-14-8-7-9-14)19(15-10-3-1-4-11-15)16-12-5-2-6-13-16/h14-16H,1-13H2,(H,18,20). The van der Waals surface area contributed by atoms with Gasteiger partial charge in [-0.25, -0.2) is 4.79 Å². The Morgan fingerprint density at radius 1 is 0.700 bits per heavy atom. The van der Waals surface area contributed by atoms with Gasteiger partial charge in [0, 0.05) is 18.1 Å². The van der Waals surface area contributed by atoms with Crippen LogP contribution < -0.4 is 5.32 Å². The smallest absolute Gasteiger partial charge is 0.318 e. The van der Waals surface area contributed by atoms with Gasteiger partial charge >= 0.3 is 6.03 Å². The molecule has 3 aliphatic rings. The lowest BCUT2D eigenvalue weighted by Gasteiger charge is -2.43. The summed E-state index contributed by atoms with van der Waals surface area (Å²) >= 11 is 0. The molecule has 0 radical (unpaired) electrons. The third-order valence-corrected chi connectivity index (χ3v) is 5.60. The van der Waals surface area contributed by atoms with E-state index in [2.05, 4.69) is 10.2 Å². The van der Waals surface area contributed by atoms with Crippen LogP contribution in [0.5, 0.6) is 0 Å². The molecule has 1 N–H and O–H groups in total. The van der Waals surface area contributed by atoms with Gasteiger partial charge in [0.2, 0.25) is 0 Å². The van der Waals surface area contributed by atoms with E-state index in [-0.39, 0.29) is 6.03 Å². The van der Waals surface area contributed by atoms with E-state index in [0.29, 0.717) is 18.1 Å². The van der Waals surface area contributed by atoms with Crippen molar-refractivity contribution >= 4 is 6.03 Å². The van der Waals surface area contributed by atoms with Crippen LogP contribution in [0.15, 0.2) is 0 Å². The van der Waals surface area contributed by atoms with E-state index in [1.165, 1.54) is 83.5 Å². The van der Waals surface area contributed by atoms with E-state index in [4.69, 9.17) is 0 Å². The first kappa shape index (κ1) is 14.2. The number of urea groups is 1. The van der Waals surface area contributed by atoms with Gasteiger partial charge in [0.1, 0.15) is 0 Å². The van der Waals surface area contributed by atoms with Crippen LogP contribution >= 0.6 is 0 Å². The van der Waals surface area contributed by atoms with Crippen LogP contribution in [0.4, 0.5) is 4.79 Å². The quantitative estimate of drug-likeness (QED) is 0.823. The Balaban J connectivity index is 1.65. The molecule has 0 aromatic carbocycles. The van der Waals surface area contributed by atoms with Crippen molar-refractivity contribution in [3.8, 4) is 0 Å². The van der Waals surface area contributed by atoms with Crippen molar-refractivity contribution in [2.45, 2.75) is 102 Å². The SMILES string of the molecule is O=C(NC1CCC1)N(C1CCCCC1)C1CCCCC1. The molecule has 2 amide bonds. The summed E-state index contributed by atoms with van der Waals surface area (Å²) in [6.07, 6.45) is 16.6. The molecule has 3 fully saturated rings. The van der Waals surface area contributed by atoms with Gasteiger partial charge in [-0.2, -0.15) is 0 Å². The van der Waals surface area contributed by atoms with Crippen LogP contribution in [0.3, 0.4) is 0 Å². The third kappa shape index (κ3) is 3.29. The molecule has 0 spiro atoms. The molecule has 20 heavy (non-hydrogen) atoms. The highest BCUT2D eigenvalue weighted by atomic mass is 16.2. The largest absolute Gasteiger partial charge is 0.335 e. The van der Waals surface area contributed by atoms with Gasteiger partial charge in [0.25, 0.3) is 0 Å². The average Bonchev–Trinajstić information content (AvgIpc) is 2.46. The van der Waals surface area contributed by atoms with Gasteiger partial charge in [-0.3, -0.25) is 0 Å². The summed E-state index contributed by atoms with van der Waals surface area (Å²) in [6, 6.07) is 1.77. The first-order chi connectivity index (χ1) is 9.84. The van der Waals surface area contributed by atoms with Crippen molar-refractivity contribution in [3.63, 3.8) is 0 Å². The molecule has 0 saturated heterocycles. The Bertz CT molecular complexity index is 297. The zero-order valence-electron chi connectivity index (χ0n) is 12.8. The lowest BCUT2D eigenvalue weighted by Crippen LogP contribution is -2.55. The summed E-state index contributed by atoms with van der Waals surface area (Å²) < 4.78 is 0. The maximum absolute atomic E-state index is 12.8. The van der Waals surface area contributed by atoms with Gasteiger partial charge in [-0.15, -0.1) is 0 Å². The van der Waals surface area contributed by atoms with Crippen LogP contribution in [0, 0.1) is 0 Å². The van der Waals surface area contributed by atoms with E-state index in [1.807, 2.05) is 0 Å². The lowest BCUT2D eigenvalue weighted by molar-refractivity contribution is 0.0997. The van der Waals surface area contributed by atoms with E-state index in [1.54, 1.807) is 0 Å². The number of nitrogens with one attached hydrogen (secondary N) is 1. The molecule has 0 atom stereocenters. The number of amides is 2. The van der Waals surface area contributed by atoms with Crippen molar-refractivity contribution in [3.05, 3.63) is 0 Å². The minimum Gasteiger partial charge on any atom is -0.335 e. The highest BCUT2D eigenvalue weighted by Crippen LogP contribution is 2.30. The molecule has 0 heterocycles. The summed E-state index contributed by atoms with van der Waals surface area (Å²) in [7, 11) is 0. The number of rotatable bonds is 3. The predicted molar refractivity (Wildman–Crippen MR) is 81.8 cm³/mol. The number of hydrogen-bond donors (Lipinski definition) is 1. The molecule has 0 aliphatic heterocycles. The van der Waals surface area contributed by atoms with E-state index < -0.39 is 0 Å². The molecule has 0 aromatic rings. The van der Waals surface area contributed by atoms with Crippen molar-refractivity contribution in [2.24, 2.45) is 0 Å². The van der Waals surface area contributed by atoms with Gasteiger partial charge in [-0.05, 0) is 44.9 Å². The minimum atomic E-state index is 0.258. The molecule has 0 unspecified atom stereocenters. The first-order valence-corrected chi connectivity index (χ1v) is 8.93. The van der Waals surface area contributed by atoms with E-state index in [9.17, 15) is 4.79 Å². The second-order valence-electron chi connectivity index (χ2n) is 7.07. The molecule has 114 valence electrons. The minimum absolute atomic E-state index is 0.258. The van der Waals surface area contributed by atoms with Crippen LogP contribution in [0.25, 0.3) is 0 Å². The molecular weight excluding hydrogens is 248 g/mol. The topological polar surface area (TPSA) is 32.3 Å². The molecule has 3 nitrogen and oxygen atoms in total. The number of carbonyl (C=O) groups is 1. The van der Waals surface area contributed by atoms with E-state index >= 15 is 0 Å². The van der Waals surface area contributed by atoms with E-state index in [0.717, 1.165) is 0 Å². The first-order valence-electron chi connectivity index (χ1n) is 8.93. The highest BCUT2D eigenvalue weighted by molar-refractivity contribution is 5.75. The fourth-order valence-electron chi connectivity index (χ4n) is 4.15. The van der Waals surface area contributed by atoms with Crippen LogP contribution in [-0.2, 0) is 0 Å². The summed E-state index contributed by atoms with van der Waals surface area (Å²) in [5.41, 5.74) is 0. The van der Waals surface area contributed by atoms with Gasteiger partial charge in [0.05, 0.1) is 0 Å². The second-order valence-corrected chi connectivity index (χ2v) is 7.07. The highest BCUT2D eigenvalue weighted by Gasteiger charge is 2.33. The van der Waals surface area contributed by atoms with Crippen LogP contribution in [0.2, 0.25) is 0 Å².